The van der Waals surface area contributed by atoms with E-state index in [1.54, 1.807) is 23.9 Å². The van der Waals surface area contributed by atoms with Gasteiger partial charge in [0, 0.05) is 28.6 Å². The molecule has 1 atom stereocenters. The van der Waals surface area contributed by atoms with Crippen LogP contribution < -0.4 is 16.0 Å². The number of benzene rings is 3. The fourth-order valence-electron chi connectivity index (χ4n) is 3.47. The van der Waals surface area contributed by atoms with Crippen LogP contribution in [0.25, 0.3) is 0 Å². The second-order valence-electron chi connectivity index (χ2n) is 7.54. The zero-order valence-corrected chi connectivity index (χ0v) is 19.0. The van der Waals surface area contributed by atoms with Crippen molar-refractivity contribution in [3.8, 4) is 0 Å². The van der Waals surface area contributed by atoms with Crippen molar-refractivity contribution in [1.82, 2.24) is 5.32 Å². The highest BCUT2D eigenvalue weighted by molar-refractivity contribution is 7.98. The second-order valence-corrected chi connectivity index (χ2v) is 8.98. The number of carbonyl (C=O) groups is 2. The highest BCUT2D eigenvalue weighted by Gasteiger charge is 2.26. The van der Waals surface area contributed by atoms with Gasteiger partial charge in [-0.25, -0.2) is 0 Å². The summed E-state index contributed by atoms with van der Waals surface area (Å²) in [5.41, 5.74) is 4.18. The van der Waals surface area contributed by atoms with Gasteiger partial charge in [0.2, 0.25) is 5.91 Å². The van der Waals surface area contributed by atoms with E-state index < -0.39 is 0 Å². The van der Waals surface area contributed by atoms with Crippen molar-refractivity contribution in [1.29, 1.82) is 0 Å². The molecular formula is C25H24ClN3O2S. The van der Waals surface area contributed by atoms with Crippen LogP contribution >= 0.6 is 23.4 Å². The number of anilines is 2. The summed E-state index contributed by atoms with van der Waals surface area (Å²) in [7, 11) is 0. The van der Waals surface area contributed by atoms with Crippen LogP contribution in [0, 0.1) is 0 Å². The van der Waals surface area contributed by atoms with Crippen LogP contribution in [0.5, 0.6) is 0 Å². The van der Waals surface area contributed by atoms with Crippen molar-refractivity contribution >= 4 is 46.6 Å². The van der Waals surface area contributed by atoms with Crippen molar-refractivity contribution in [3.05, 3.63) is 94.5 Å². The van der Waals surface area contributed by atoms with Gasteiger partial charge in [-0.3, -0.25) is 9.59 Å². The molecule has 3 aromatic carbocycles. The lowest BCUT2D eigenvalue weighted by Gasteiger charge is -2.27. The maximum Gasteiger partial charge on any atom is 0.251 e. The zero-order chi connectivity index (χ0) is 22.3. The van der Waals surface area contributed by atoms with Crippen LogP contribution in [0.2, 0.25) is 5.02 Å². The number of amides is 2. The minimum atomic E-state index is -0.347. The van der Waals surface area contributed by atoms with Gasteiger partial charge in [-0.1, -0.05) is 60.1 Å². The molecule has 0 aliphatic carbocycles. The van der Waals surface area contributed by atoms with Crippen LogP contribution in [0.4, 0.5) is 11.4 Å². The first-order valence-electron chi connectivity index (χ1n) is 10.4. The zero-order valence-electron chi connectivity index (χ0n) is 17.4. The molecule has 0 radical (unpaired) electrons. The number of rotatable bonds is 8. The third-order valence-corrected chi connectivity index (χ3v) is 6.68. The quantitative estimate of drug-likeness (QED) is 0.439. The molecule has 7 heteroatoms. The van der Waals surface area contributed by atoms with Crippen molar-refractivity contribution in [3.63, 3.8) is 0 Å². The summed E-state index contributed by atoms with van der Waals surface area (Å²) in [4.78, 5) is 25.1. The van der Waals surface area contributed by atoms with E-state index in [0.717, 1.165) is 28.4 Å². The van der Waals surface area contributed by atoms with Gasteiger partial charge in [0.05, 0.1) is 11.4 Å². The molecule has 0 saturated carbocycles. The molecule has 0 unspecified atom stereocenters. The van der Waals surface area contributed by atoms with Gasteiger partial charge < -0.3 is 16.0 Å². The summed E-state index contributed by atoms with van der Waals surface area (Å²) >= 11 is 7.85. The second kappa shape index (κ2) is 10.6. The third-order valence-electron chi connectivity index (χ3n) is 5.23. The predicted octanol–water partition coefficient (Wildman–Crippen LogP) is 4.98. The fourth-order valence-corrected chi connectivity index (χ4v) is 4.82. The summed E-state index contributed by atoms with van der Waals surface area (Å²) in [6.45, 7) is 0.551. The summed E-state index contributed by atoms with van der Waals surface area (Å²) in [5.74, 6) is 1.08. The van der Waals surface area contributed by atoms with E-state index in [-0.39, 0.29) is 17.9 Å². The lowest BCUT2D eigenvalue weighted by atomic mass is 10.1. The van der Waals surface area contributed by atoms with Gasteiger partial charge in [0.15, 0.2) is 0 Å². The highest BCUT2D eigenvalue weighted by Crippen LogP contribution is 2.29. The molecule has 3 N–H and O–H groups in total. The first kappa shape index (κ1) is 22.2. The highest BCUT2D eigenvalue weighted by atomic mass is 35.5. The Bertz CT molecular complexity index is 1110. The minimum absolute atomic E-state index is 0.106. The number of halogens is 1. The van der Waals surface area contributed by atoms with Crippen molar-refractivity contribution < 1.29 is 9.59 Å². The normalized spacial score (nSPS) is 14.8. The average molecular weight is 466 g/mol. The molecule has 3 aromatic rings. The maximum absolute atomic E-state index is 12.6. The molecule has 1 heterocycles. The first-order valence-corrected chi connectivity index (χ1v) is 12.0. The van der Waals surface area contributed by atoms with Crippen LogP contribution in [0.15, 0.2) is 72.8 Å². The molecule has 0 fully saturated rings. The third kappa shape index (κ3) is 5.64. The number of carbonyl (C=O) groups excluding carboxylic acids is 2. The Morgan fingerprint density at radius 1 is 1.00 bits per heavy atom. The Balaban J connectivity index is 1.30. The van der Waals surface area contributed by atoms with Gasteiger partial charge in [-0.05, 0) is 41.8 Å². The topological polar surface area (TPSA) is 70.2 Å². The summed E-state index contributed by atoms with van der Waals surface area (Å²) < 4.78 is 0. The van der Waals surface area contributed by atoms with Gasteiger partial charge >= 0.3 is 0 Å². The van der Waals surface area contributed by atoms with Crippen molar-refractivity contribution in [2.24, 2.45) is 0 Å². The molecule has 0 saturated heterocycles. The van der Waals surface area contributed by atoms with E-state index in [2.05, 4.69) is 16.0 Å². The van der Waals surface area contributed by atoms with Crippen LogP contribution in [-0.2, 0) is 17.0 Å². The molecule has 0 bridgehead atoms. The van der Waals surface area contributed by atoms with E-state index in [1.807, 2.05) is 60.7 Å². The summed E-state index contributed by atoms with van der Waals surface area (Å²) in [6, 6.07) is 22.7. The monoisotopic (exact) mass is 465 g/mol. The molecule has 164 valence electrons. The van der Waals surface area contributed by atoms with Crippen molar-refractivity contribution in [2.45, 2.75) is 18.2 Å². The van der Waals surface area contributed by atoms with E-state index in [0.29, 0.717) is 23.5 Å². The van der Waals surface area contributed by atoms with E-state index in [9.17, 15) is 9.59 Å². The molecule has 2 amide bonds. The smallest absolute Gasteiger partial charge is 0.251 e. The van der Waals surface area contributed by atoms with E-state index in [1.165, 1.54) is 5.56 Å². The van der Waals surface area contributed by atoms with Gasteiger partial charge in [-0.15, -0.1) is 0 Å². The Morgan fingerprint density at radius 2 is 1.78 bits per heavy atom. The molecule has 0 spiro atoms. The molecule has 0 aromatic heterocycles. The molecule has 1 aliphatic rings. The number of thioether (sulfide) groups is 1. The van der Waals surface area contributed by atoms with Crippen molar-refractivity contribution in [2.75, 3.05) is 22.9 Å². The maximum atomic E-state index is 12.6. The number of hydrogen-bond donors (Lipinski definition) is 3. The standard InChI is InChI=1S/C25H24ClN3O2S/c26-20-9-5-4-8-19(20)15-32-16-23-25(31)29-22-14-18(10-11-21(22)28-23)24(30)27-13-12-17-6-2-1-3-7-17/h1-11,14,23,28H,12-13,15-16H2,(H,27,30)(H,29,31)/t23-/m0/s1. The molecule has 32 heavy (non-hydrogen) atoms. The lowest BCUT2D eigenvalue weighted by Crippen LogP contribution is -2.40. The minimum Gasteiger partial charge on any atom is -0.371 e. The number of fused-ring (bicyclic) bond motifs is 1. The Labute approximate surface area is 196 Å². The molecule has 5 nitrogen and oxygen atoms in total. The van der Waals surface area contributed by atoms with Crippen LogP contribution in [0.3, 0.4) is 0 Å². The summed E-state index contributed by atoms with van der Waals surface area (Å²) in [6.07, 6.45) is 0.767. The molecular weight excluding hydrogens is 442 g/mol. The number of hydrogen-bond acceptors (Lipinski definition) is 4. The number of nitrogens with one attached hydrogen (secondary N) is 3. The molecule has 1 aliphatic heterocycles. The molecule has 4 rings (SSSR count). The Hall–Kier alpha value is -2.96. The van der Waals surface area contributed by atoms with Gasteiger partial charge in [-0.2, -0.15) is 11.8 Å². The van der Waals surface area contributed by atoms with Gasteiger partial charge in [0.25, 0.3) is 5.91 Å². The van der Waals surface area contributed by atoms with Gasteiger partial charge in [0.1, 0.15) is 6.04 Å². The average Bonchev–Trinajstić information content (AvgIpc) is 2.81. The predicted molar refractivity (Wildman–Crippen MR) is 133 cm³/mol. The largest absolute Gasteiger partial charge is 0.371 e. The Kier molecular flexibility index (Phi) is 7.35. The van der Waals surface area contributed by atoms with E-state index in [4.69, 9.17) is 11.6 Å². The van der Waals surface area contributed by atoms with Crippen LogP contribution in [-0.4, -0.2) is 30.2 Å². The first-order chi connectivity index (χ1) is 15.6. The summed E-state index contributed by atoms with van der Waals surface area (Å²) in [5, 5.41) is 9.88. The fraction of sp³-hybridized carbons (Fsp3) is 0.200. The lowest BCUT2D eigenvalue weighted by molar-refractivity contribution is -0.116. The Morgan fingerprint density at radius 3 is 2.59 bits per heavy atom. The van der Waals surface area contributed by atoms with E-state index >= 15 is 0 Å². The van der Waals surface area contributed by atoms with Crippen LogP contribution in [0.1, 0.15) is 21.5 Å². The SMILES string of the molecule is O=C(NCCc1ccccc1)c1ccc2c(c1)NC(=O)[C@H](CSCc1ccccc1Cl)N2.